The molecule has 1 aromatic carbocycles. The van der Waals surface area contributed by atoms with E-state index in [0.29, 0.717) is 5.25 Å². The zero-order valence-corrected chi connectivity index (χ0v) is 12.8. The summed E-state index contributed by atoms with van der Waals surface area (Å²) in [5, 5.41) is 0.406. The van der Waals surface area contributed by atoms with Gasteiger partial charge in [0.15, 0.2) is 5.78 Å². The van der Waals surface area contributed by atoms with Gasteiger partial charge in [-0.3, -0.25) is 4.79 Å². The summed E-state index contributed by atoms with van der Waals surface area (Å²) < 4.78 is 0. The minimum atomic E-state index is 0.132. The van der Waals surface area contributed by atoms with Crippen LogP contribution in [0.25, 0.3) is 0 Å². The lowest BCUT2D eigenvalue weighted by atomic mass is 10.1. The van der Waals surface area contributed by atoms with E-state index in [9.17, 15) is 4.79 Å². The van der Waals surface area contributed by atoms with Crippen LogP contribution in [0.3, 0.4) is 0 Å². The van der Waals surface area contributed by atoms with Gasteiger partial charge in [0.25, 0.3) is 0 Å². The molecule has 0 fully saturated rings. The van der Waals surface area contributed by atoms with Crippen molar-refractivity contribution in [2.75, 3.05) is 0 Å². The van der Waals surface area contributed by atoms with Crippen molar-refractivity contribution in [2.24, 2.45) is 0 Å². The Morgan fingerprint density at radius 1 is 1.21 bits per heavy atom. The van der Waals surface area contributed by atoms with Crippen LogP contribution in [0.2, 0.25) is 0 Å². The highest BCUT2D eigenvalue weighted by Crippen LogP contribution is 2.27. The molecule has 0 aromatic heterocycles. The van der Waals surface area contributed by atoms with Gasteiger partial charge in [-0.2, -0.15) is 0 Å². The Hall–Kier alpha value is -1.02. The van der Waals surface area contributed by atoms with E-state index in [2.05, 4.69) is 37.3 Å². The van der Waals surface area contributed by atoms with Crippen molar-refractivity contribution in [1.29, 1.82) is 0 Å². The van der Waals surface area contributed by atoms with Gasteiger partial charge in [0.2, 0.25) is 0 Å². The zero-order chi connectivity index (χ0) is 13.9. The average Bonchev–Trinajstić information content (AvgIpc) is 2.41. The van der Waals surface area contributed by atoms with Crippen molar-refractivity contribution in [1.82, 2.24) is 0 Å². The SMILES string of the molecule is CCCCCCC(/C=C/C(C)=O)Sc1ccccc1. The van der Waals surface area contributed by atoms with E-state index < -0.39 is 0 Å². The minimum Gasteiger partial charge on any atom is -0.295 e. The van der Waals surface area contributed by atoms with Gasteiger partial charge in [0.1, 0.15) is 0 Å². The Bertz CT molecular complexity index is 384. The molecule has 0 amide bonds. The maximum atomic E-state index is 11.1. The van der Waals surface area contributed by atoms with Crippen LogP contribution in [-0.4, -0.2) is 11.0 Å². The normalized spacial score (nSPS) is 12.7. The molecule has 1 nitrogen and oxygen atoms in total. The zero-order valence-electron chi connectivity index (χ0n) is 12.0. The molecule has 0 radical (unpaired) electrons. The topological polar surface area (TPSA) is 17.1 Å². The number of carbonyl (C=O) groups is 1. The number of unbranched alkanes of at least 4 members (excludes halogenated alkanes) is 3. The standard InChI is InChI=1S/C17H24OS/c1-3-4-5-7-12-17(14-13-15(2)18)19-16-10-8-6-9-11-16/h6,8-11,13-14,17H,3-5,7,12H2,1-2H3/b14-13+. The second-order valence-corrected chi connectivity index (χ2v) is 6.10. The van der Waals surface area contributed by atoms with Gasteiger partial charge in [0.05, 0.1) is 0 Å². The van der Waals surface area contributed by atoms with E-state index in [1.807, 2.05) is 17.8 Å². The van der Waals surface area contributed by atoms with Crippen molar-refractivity contribution >= 4 is 17.5 Å². The number of hydrogen-bond acceptors (Lipinski definition) is 2. The molecule has 1 aromatic rings. The molecule has 2 heteroatoms. The number of rotatable bonds is 9. The highest BCUT2D eigenvalue weighted by Gasteiger charge is 2.07. The van der Waals surface area contributed by atoms with Gasteiger partial charge in [-0.15, -0.1) is 11.8 Å². The number of ketones is 1. The van der Waals surface area contributed by atoms with Crippen LogP contribution in [0, 0.1) is 0 Å². The maximum Gasteiger partial charge on any atom is 0.152 e. The molecule has 1 atom stereocenters. The van der Waals surface area contributed by atoms with Crippen molar-refractivity contribution in [3.8, 4) is 0 Å². The highest BCUT2D eigenvalue weighted by molar-refractivity contribution is 8.00. The fraction of sp³-hybridized carbons (Fsp3) is 0.471. The molecule has 0 spiro atoms. The van der Waals surface area contributed by atoms with Crippen LogP contribution < -0.4 is 0 Å². The molecule has 0 aliphatic heterocycles. The number of carbonyl (C=O) groups excluding carboxylic acids is 1. The van der Waals surface area contributed by atoms with Crippen molar-refractivity contribution < 1.29 is 4.79 Å². The van der Waals surface area contributed by atoms with Gasteiger partial charge >= 0.3 is 0 Å². The first kappa shape index (κ1) is 16.0. The van der Waals surface area contributed by atoms with E-state index >= 15 is 0 Å². The third-order valence-corrected chi connectivity index (χ3v) is 4.16. The lowest BCUT2D eigenvalue weighted by Crippen LogP contribution is -1.99. The summed E-state index contributed by atoms with van der Waals surface area (Å²) in [6.07, 6.45) is 10.0. The van der Waals surface area contributed by atoms with Crippen molar-refractivity contribution in [3.63, 3.8) is 0 Å². The van der Waals surface area contributed by atoms with Crippen LogP contribution in [0.15, 0.2) is 47.4 Å². The van der Waals surface area contributed by atoms with E-state index in [1.54, 1.807) is 13.0 Å². The number of allylic oxidation sites excluding steroid dienone is 1. The molecule has 104 valence electrons. The number of benzene rings is 1. The lowest BCUT2D eigenvalue weighted by Gasteiger charge is -2.12. The Labute approximate surface area is 121 Å². The first-order valence-electron chi connectivity index (χ1n) is 7.13. The smallest absolute Gasteiger partial charge is 0.152 e. The first-order chi connectivity index (χ1) is 9.22. The summed E-state index contributed by atoms with van der Waals surface area (Å²) in [4.78, 5) is 12.4. The molecule has 0 bridgehead atoms. The van der Waals surface area contributed by atoms with Crippen LogP contribution >= 0.6 is 11.8 Å². The molecule has 19 heavy (non-hydrogen) atoms. The van der Waals surface area contributed by atoms with Gasteiger partial charge in [-0.25, -0.2) is 0 Å². The predicted octanol–water partition coefficient (Wildman–Crippen LogP) is 5.26. The van der Waals surface area contributed by atoms with Crippen LogP contribution in [0.1, 0.15) is 46.0 Å². The van der Waals surface area contributed by atoms with Crippen molar-refractivity contribution in [2.45, 2.75) is 56.1 Å². The summed E-state index contributed by atoms with van der Waals surface area (Å²) >= 11 is 1.85. The quantitative estimate of drug-likeness (QED) is 0.347. The Morgan fingerprint density at radius 3 is 2.58 bits per heavy atom. The maximum absolute atomic E-state index is 11.1. The van der Waals surface area contributed by atoms with Gasteiger partial charge < -0.3 is 0 Å². The van der Waals surface area contributed by atoms with Gasteiger partial charge in [-0.1, -0.05) is 56.9 Å². The Balaban J connectivity index is 2.51. The van der Waals surface area contributed by atoms with Crippen LogP contribution in [0.4, 0.5) is 0 Å². The molecule has 0 saturated carbocycles. The fourth-order valence-electron chi connectivity index (χ4n) is 1.88. The summed E-state index contributed by atoms with van der Waals surface area (Å²) in [5.74, 6) is 0.132. The van der Waals surface area contributed by atoms with E-state index in [0.717, 1.165) is 6.42 Å². The van der Waals surface area contributed by atoms with Crippen LogP contribution in [0.5, 0.6) is 0 Å². The van der Waals surface area contributed by atoms with Gasteiger partial charge in [-0.05, 0) is 31.6 Å². The van der Waals surface area contributed by atoms with Crippen molar-refractivity contribution in [3.05, 3.63) is 42.5 Å². The molecule has 0 aliphatic rings. The van der Waals surface area contributed by atoms with Gasteiger partial charge in [0, 0.05) is 10.1 Å². The summed E-state index contributed by atoms with van der Waals surface area (Å²) in [5.41, 5.74) is 0. The summed E-state index contributed by atoms with van der Waals surface area (Å²) in [7, 11) is 0. The van der Waals surface area contributed by atoms with Crippen LogP contribution in [-0.2, 0) is 4.79 Å². The molecular weight excluding hydrogens is 252 g/mol. The van der Waals surface area contributed by atoms with E-state index in [1.165, 1.54) is 30.6 Å². The number of hydrogen-bond donors (Lipinski definition) is 0. The van der Waals surface area contributed by atoms with E-state index in [-0.39, 0.29) is 5.78 Å². The second-order valence-electron chi connectivity index (χ2n) is 4.79. The molecular formula is C17H24OS. The third-order valence-electron chi connectivity index (χ3n) is 2.92. The fourth-order valence-corrected chi connectivity index (χ4v) is 2.99. The molecule has 1 rings (SSSR count). The largest absolute Gasteiger partial charge is 0.295 e. The molecule has 0 N–H and O–H groups in total. The summed E-state index contributed by atoms with van der Waals surface area (Å²) in [6.45, 7) is 3.84. The molecule has 0 heterocycles. The first-order valence-corrected chi connectivity index (χ1v) is 8.00. The Morgan fingerprint density at radius 2 is 1.95 bits per heavy atom. The summed E-state index contributed by atoms with van der Waals surface area (Å²) in [6, 6.07) is 10.4. The lowest BCUT2D eigenvalue weighted by molar-refractivity contribution is -0.112. The minimum absolute atomic E-state index is 0.132. The Kier molecular flexibility index (Phi) is 8.31. The third kappa shape index (κ3) is 7.89. The van der Waals surface area contributed by atoms with E-state index in [4.69, 9.17) is 0 Å². The average molecular weight is 276 g/mol. The predicted molar refractivity (Wildman–Crippen MR) is 84.7 cm³/mol. The second kappa shape index (κ2) is 9.85. The molecule has 0 saturated heterocycles. The molecule has 1 unspecified atom stereocenters. The molecule has 0 aliphatic carbocycles. The highest BCUT2D eigenvalue weighted by atomic mass is 32.2. The number of thioether (sulfide) groups is 1. The monoisotopic (exact) mass is 276 g/mol.